The number of ketones is 1. The van der Waals surface area contributed by atoms with Crippen LogP contribution in [0.1, 0.15) is 66.0 Å². The third-order valence-electron chi connectivity index (χ3n) is 5.49. The van der Waals surface area contributed by atoms with Gasteiger partial charge < -0.3 is 10.1 Å². The molecule has 0 aromatic heterocycles. The van der Waals surface area contributed by atoms with Crippen molar-refractivity contribution in [1.29, 1.82) is 0 Å². The Kier molecular flexibility index (Phi) is 7.38. The molecular formula is C23H35NO3S. The Morgan fingerprint density at radius 2 is 1.89 bits per heavy atom. The molecule has 5 heteroatoms. The van der Waals surface area contributed by atoms with Gasteiger partial charge in [-0.2, -0.15) is 0 Å². The molecule has 1 saturated heterocycles. The number of thioether (sulfide) groups is 1. The summed E-state index contributed by atoms with van der Waals surface area (Å²) in [4.78, 5) is 25.2. The average Bonchev–Trinajstić information content (AvgIpc) is 2.85. The van der Waals surface area contributed by atoms with E-state index in [2.05, 4.69) is 64.2 Å². The van der Waals surface area contributed by atoms with Crippen LogP contribution in [-0.2, 0) is 25.5 Å². The number of carbonyl (C=O) groups excluding carboxylic acids is 2. The van der Waals surface area contributed by atoms with Gasteiger partial charge in [-0.15, -0.1) is 11.8 Å². The first-order chi connectivity index (χ1) is 12.9. The second kappa shape index (κ2) is 9.00. The standard InChI is InChI=1S/C23H35NO3S/c1-15(2)12-19(21(26)24-23(7)16(3)27-13-20(23)25)28-14-17-8-10-18(11-9-17)22(4,5)6/h8-11,15-16,19H,12-14H2,1-7H3,(H,24,26)/t16?,19-,23-/m1/s1. The van der Waals surface area contributed by atoms with Gasteiger partial charge in [-0.25, -0.2) is 0 Å². The normalized spacial score (nSPS) is 23.9. The first-order valence-electron chi connectivity index (χ1n) is 10.1. The number of amides is 1. The first kappa shape index (κ1) is 23.0. The number of ether oxygens (including phenoxy) is 1. The van der Waals surface area contributed by atoms with Gasteiger partial charge >= 0.3 is 0 Å². The van der Waals surface area contributed by atoms with E-state index < -0.39 is 5.54 Å². The van der Waals surface area contributed by atoms with Crippen LogP contribution in [0.3, 0.4) is 0 Å². The van der Waals surface area contributed by atoms with E-state index in [4.69, 9.17) is 4.74 Å². The number of nitrogens with one attached hydrogen (secondary N) is 1. The van der Waals surface area contributed by atoms with Gasteiger partial charge in [0.25, 0.3) is 0 Å². The lowest BCUT2D eigenvalue weighted by Crippen LogP contribution is -2.57. The molecule has 1 aromatic carbocycles. The van der Waals surface area contributed by atoms with Gasteiger partial charge in [-0.05, 0) is 42.7 Å². The van der Waals surface area contributed by atoms with Gasteiger partial charge in [0.15, 0.2) is 5.78 Å². The molecule has 0 aliphatic carbocycles. The molecule has 1 unspecified atom stereocenters. The zero-order valence-electron chi connectivity index (χ0n) is 18.3. The highest BCUT2D eigenvalue weighted by Crippen LogP contribution is 2.28. The van der Waals surface area contributed by atoms with E-state index in [0.717, 1.165) is 12.2 Å². The van der Waals surface area contributed by atoms with Crippen LogP contribution in [-0.4, -0.2) is 35.2 Å². The largest absolute Gasteiger partial charge is 0.368 e. The number of benzene rings is 1. The van der Waals surface area contributed by atoms with Crippen molar-refractivity contribution in [2.24, 2.45) is 5.92 Å². The van der Waals surface area contributed by atoms with E-state index in [1.807, 2.05) is 6.92 Å². The van der Waals surface area contributed by atoms with Gasteiger partial charge in [0.05, 0.1) is 11.4 Å². The summed E-state index contributed by atoms with van der Waals surface area (Å²) in [5, 5.41) is 2.80. The summed E-state index contributed by atoms with van der Waals surface area (Å²) in [6, 6.07) is 8.64. The predicted octanol–water partition coefficient (Wildman–Crippen LogP) is 4.49. The molecule has 1 aliphatic heterocycles. The maximum absolute atomic E-state index is 13.0. The van der Waals surface area contributed by atoms with Gasteiger partial charge in [-0.1, -0.05) is 58.9 Å². The molecular weight excluding hydrogens is 370 g/mol. The fourth-order valence-corrected chi connectivity index (χ4v) is 4.55. The van der Waals surface area contributed by atoms with Crippen LogP contribution in [0, 0.1) is 5.92 Å². The molecule has 0 radical (unpaired) electrons. The van der Waals surface area contributed by atoms with Gasteiger partial charge in [0.1, 0.15) is 12.1 Å². The molecule has 0 saturated carbocycles. The van der Waals surface area contributed by atoms with Crippen molar-refractivity contribution in [1.82, 2.24) is 5.32 Å². The molecule has 1 heterocycles. The Morgan fingerprint density at radius 3 is 2.36 bits per heavy atom. The minimum atomic E-state index is -0.929. The van der Waals surface area contributed by atoms with E-state index in [9.17, 15) is 9.59 Å². The summed E-state index contributed by atoms with van der Waals surface area (Å²) in [6.45, 7) is 14.5. The first-order valence-corrected chi connectivity index (χ1v) is 11.2. The summed E-state index contributed by atoms with van der Waals surface area (Å²) in [7, 11) is 0. The Labute approximate surface area is 174 Å². The molecule has 4 nitrogen and oxygen atoms in total. The monoisotopic (exact) mass is 405 g/mol. The van der Waals surface area contributed by atoms with Crippen LogP contribution in [0.2, 0.25) is 0 Å². The third kappa shape index (κ3) is 5.60. The van der Waals surface area contributed by atoms with Crippen molar-refractivity contribution >= 4 is 23.5 Å². The number of hydrogen-bond donors (Lipinski definition) is 1. The number of Topliss-reactive ketones (excluding diaryl/α,β-unsaturated/α-hetero) is 1. The molecule has 28 heavy (non-hydrogen) atoms. The van der Waals surface area contributed by atoms with E-state index in [-0.39, 0.29) is 35.1 Å². The van der Waals surface area contributed by atoms with Crippen LogP contribution in [0.25, 0.3) is 0 Å². The second-order valence-corrected chi connectivity index (χ2v) is 10.6. The summed E-state index contributed by atoms with van der Waals surface area (Å²) < 4.78 is 5.44. The fourth-order valence-electron chi connectivity index (χ4n) is 3.23. The lowest BCUT2D eigenvalue weighted by Gasteiger charge is -2.30. The maximum atomic E-state index is 13.0. The van der Waals surface area contributed by atoms with E-state index in [0.29, 0.717) is 5.92 Å². The minimum Gasteiger partial charge on any atom is -0.368 e. The van der Waals surface area contributed by atoms with Crippen molar-refractivity contribution in [3.05, 3.63) is 35.4 Å². The van der Waals surface area contributed by atoms with Crippen molar-refractivity contribution in [2.75, 3.05) is 6.61 Å². The molecule has 1 amide bonds. The number of rotatable bonds is 7. The quantitative estimate of drug-likeness (QED) is 0.726. The molecule has 0 spiro atoms. The van der Waals surface area contributed by atoms with Gasteiger partial charge in [0.2, 0.25) is 5.91 Å². The van der Waals surface area contributed by atoms with Crippen LogP contribution in [0.15, 0.2) is 24.3 Å². The smallest absolute Gasteiger partial charge is 0.234 e. The minimum absolute atomic E-state index is 0.0561. The summed E-state index contributed by atoms with van der Waals surface area (Å²) in [6.07, 6.45) is 0.467. The third-order valence-corrected chi connectivity index (χ3v) is 6.80. The molecule has 1 aliphatic rings. The van der Waals surface area contributed by atoms with E-state index in [1.54, 1.807) is 18.7 Å². The summed E-state index contributed by atoms with van der Waals surface area (Å²) >= 11 is 1.64. The Morgan fingerprint density at radius 1 is 1.29 bits per heavy atom. The van der Waals surface area contributed by atoms with Crippen LogP contribution >= 0.6 is 11.8 Å². The second-order valence-electron chi connectivity index (χ2n) is 9.44. The van der Waals surface area contributed by atoms with Crippen molar-refractivity contribution in [3.63, 3.8) is 0 Å². The SMILES string of the molecule is CC(C)C[C@@H](SCc1ccc(C(C)(C)C)cc1)C(=O)N[C@@]1(C)C(=O)COC1C. The molecule has 2 rings (SSSR count). The number of hydrogen-bond acceptors (Lipinski definition) is 4. The van der Waals surface area contributed by atoms with Crippen LogP contribution in [0.5, 0.6) is 0 Å². The Balaban J connectivity index is 2.05. The maximum Gasteiger partial charge on any atom is 0.234 e. The molecule has 1 fully saturated rings. The zero-order valence-corrected chi connectivity index (χ0v) is 19.1. The molecule has 1 aromatic rings. The van der Waals surface area contributed by atoms with E-state index >= 15 is 0 Å². The van der Waals surface area contributed by atoms with Gasteiger partial charge in [0, 0.05) is 5.75 Å². The highest BCUT2D eigenvalue weighted by Gasteiger charge is 2.46. The Bertz CT molecular complexity index is 693. The predicted molar refractivity (Wildman–Crippen MR) is 117 cm³/mol. The number of carbonyl (C=O) groups is 2. The summed E-state index contributed by atoms with van der Waals surface area (Å²) in [5.74, 6) is 1.04. The Hall–Kier alpha value is -1.33. The van der Waals surface area contributed by atoms with Crippen molar-refractivity contribution in [2.45, 2.75) is 82.9 Å². The average molecular weight is 406 g/mol. The highest BCUT2D eigenvalue weighted by molar-refractivity contribution is 7.99. The molecule has 0 bridgehead atoms. The van der Waals surface area contributed by atoms with E-state index in [1.165, 1.54) is 11.1 Å². The zero-order chi connectivity index (χ0) is 21.1. The van der Waals surface area contributed by atoms with Crippen LogP contribution in [0.4, 0.5) is 0 Å². The highest BCUT2D eigenvalue weighted by atomic mass is 32.2. The molecule has 3 atom stereocenters. The molecule has 1 N–H and O–H groups in total. The molecule has 156 valence electrons. The van der Waals surface area contributed by atoms with Crippen LogP contribution < -0.4 is 5.32 Å². The van der Waals surface area contributed by atoms with Crippen molar-refractivity contribution < 1.29 is 14.3 Å². The van der Waals surface area contributed by atoms with Crippen molar-refractivity contribution in [3.8, 4) is 0 Å². The summed E-state index contributed by atoms with van der Waals surface area (Å²) in [5.41, 5.74) is 1.72. The fraction of sp³-hybridized carbons (Fsp3) is 0.652. The van der Waals surface area contributed by atoms with Gasteiger partial charge in [-0.3, -0.25) is 9.59 Å². The lowest BCUT2D eigenvalue weighted by molar-refractivity contribution is -0.129. The topological polar surface area (TPSA) is 55.4 Å². The lowest BCUT2D eigenvalue weighted by atomic mass is 9.87.